The van der Waals surface area contributed by atoms with Gasteiger partial charge in [-0.3, -0.25) is 4.79 Å². The molecule has 0 saturated heterocycles. The molecule has 3 aromatic heterocycles. The van der Waals surface area contributed by atoms with Crippen LogP contribution in [0, 0.1) is 6.92 Å². The molecule has 11 heteroatoms. The summed E-state index contributed by atoms with van der Waals surface area (Å²) >= 11 is 1.28. The second kappa shape index (κ2) is 8.51. The highest BCUT2D eigenvalue weighted by atomic mass is 32.1. The molecule has 0 radical (unpaired) electrons. The highest BCUT2D eigenvalue weighted by Crippen LogP contribution is 2.35. The van der Waals surface area contributed by atoms with Crippen LogP contribution in [0.15, 0.2) is 60.4 Å². The number of carbonyl (C=O) groups excluding carboxylic acids is 1. The lowest BCUT2D eigenvalue weighted by Crippen LogP contribution is -2.13. The van der Waals surface area contributed by atoms with Crippen LogP contribution in [0.3, 0.4) is 0 Å². The van der Waals surface area contributed by atoms with Gasteiger partial charge in [0.2, 0.25) is 0 Å². The van der Waals surface area contributed by atoms with E-state index in [1.807, 2.05) is 13.0 Å². The summed E-state index contributed by atoms with van der Waals surface area (Å²) in [6.07, 6.45) is -1.62. The fourth-order valence-electron chi connectivity index (χ4n) is 3.75. The Hall–Kier alpha value is -4.25. The molecule has 3 heterocycles. The second-order valence-electron chi connectivity index (χ2n) is 7.76. The van der Waals surface area contributed by atoms with Crippen LogP contribution in [0.25, 0.3) is 21.0 Å². The lowest BCUT2D eigenvalue weighted by atomic mass is 10.0. The average Bonchev–Trinajstić information content (AvgIpc) is 3.26. The van der Waals surface area contributed by atoms with Crippen LogP contribution in [-0.4, -0.2) is 20.9 Å². The van der Waals surface area contributed by atoms with Crippen LogP contribution in [0.5, 0.6) is 0 Å². The smallest absolute Gasteiger partial charge is 0.382 e. The third kappa shape index (κ3) is 4.21. The predicted octanol–water partition coefficient (Wildman–Crippen LogP) is 6.14. The number of pyridine rings is 1. The van der Waals surface area contributed by atoms with E-state index in [9.17, 15) is 18.0 Å². The maximum Gasteiger partial charge on any atom is 0.416 e. The molecule has 5 rings (SSSR count). The van der Waals surface area contributed by atoms with E-state index < -0.39 is 11.7 Å². The molecule has 0 fully saturated rings. The van der Waals surface area contributed by atoms with Crippen LogP contribution in [-0.2, 0) is 6.18 Å². The predicted molar refractivity (Wildman–Crippen MR) is 131 cm³/mol. The molecular formula is C24H17F3N6OS. The van der Waals surface area contributed by atoms with Gasteiger partial charge in [0.15, 0.2) is 0 Å². The number of aromatic nitrogens is 3. The van der Waals surface area contributed by atoms with E-state index >= 15 is 0 Å². The first-order valence-corrected chi connectivity index (χ1v) is 11.2. The van der Waals surface area contributed by atoms with Gasteiger partial charge < -0.3 is 16.4 Å². The zero-order chi connectivity index (χ0) is 24.7. The van der Waals surface area contributed by atoms with Gasteiger partial charge in [-0.1, -0.05) is 18.2 Å². The van der Waals surface area contributed by atoms with Crippen molar-refractivity contribution >= 4 is 61.2 Å². The summed E-state index contributed by atoms with van der Waals surface area (Å²) in [7, 11) is 0. The van der Waals surface area contributed by atoms with Gasteiger partial charge in [-0.2, -0.15) is 13.2 Å². The van der Waals surface area contributed by atoms with Crippen molar-refractivity contribution in [2.45, 2.75) is 13.1 Å². The van der Waals surface area contributed by atoms with E-state index in [1.165, 1.54) is 36.0 Å². The van der Waals surface area contributed by atoms with E-state index in [-0.39, 0.29) is 11.6 Å². The molecular weight excluding hydrogens is 477 g/mol. The summed E-state index contributed by atoms with van der Waals surface area (Å²) in [5.74, 6) is 0.296. The summed E-state index contributed by atoms with van der Waals surface area (Å²) in [6.45, 7) is 1.85. The highest BCUT2D eigenvalue weighted by molar-refractivity contribution is 7.18. The number of benzene rings is 2. The van der Waals surface area contributed by atoms with Crippen molar-refractivity contribution in [3.05, 3.63) is 77.1 Å². The number of carbonyl (C=O) groups is 1. The Labute approximate surface area is 200 Å². The van der Waals surface area contributed by atoms with Crippen molar-refractivity contribution < 1.29 is 18.0 Å². The van der Waals surface area contributed by atoms with Crippen LogP contribution in [0.1, 0.15) is 21.5 Å². The van der Waals surface area contributed by atoms with E-state index in [2.05, 4.69) is 25.6 Å². The Bertz CT molecular complexity index is 1600. The largest absolute Gasteiger partial charge is 0.416 e. The van der Waals surface area contributed by atoms with Crippen molar-refractivity contribution in [2.24, 2.45) is 0 Å². The van der Waals surface area contributed by atoms with Gasteiger partial charge in [0.1, 0.15) is 18.0 Å². The van der Waals surface area contributed by atoms with Crippen molar-refractivity contribution in [3.8, 4) is 0 Å². The number of nitrogens with two attached hydrogens (primary N) is 1. The van der Waals surface area contributed by atoms with Gasteiger partial charge in [-0.05, 0) is 36.8 Å². The van der Waals surface area contributed by atoms with Crippen LogP contribution in [0.2, 0.25) is 0 Å². The summed E-state index contributed by atoms with van der Waals surface area (Å²) in [5.41, 5.74) is 7.56. The number of hydrogen-bond acceptors (Lipinski definition) is 7. The molecule has 0 atom stereocenters. The average molecular weight is 495 g/mol. The maximum absolute atomic E-state index is 13.2. The van der Waals surface area contributed by atoms with E-state index in [4.69, 9.17) is 5.73 Å². The third-order valence-electron chi connectivity index (χ3n) is 5.47. The SMILES string of the molecule is Cc1ccc2c(Nc3cccc(C(F)(F)F)c3)nccc2c1NC(=O)c1csc2c(N)ncnc12. The number of amides is 1. The normalized spacial score (nSPS) is 11.7. The maximum atomic E-state index is 13.2. The zero-order valence-corrected chi connectivity index (χ0v) is 19.0. The number of alkyl halides is 3. The van der Waals surface area contributed by atoms with Gasteiger partial charge in [-0.25, -0.2) is 15.0 Å². The van der Waals surface area contributed by atoms with Crippen LogP contribution >= 0.6 is 11.3 Å². The number of fused-ring (bicyclic) bond motifs is 2. The number of rotatable bonds is 4. The summed E-state index contributed by atoms with van der Waals surface area (Å²) in [4.78, 5) is 25.6. The molecule has 1 amide bonds. The van der Waals surface area contributed by atoms with E-state index in [1.54, 1.807) is 17.5 Å². The van der Waals surface area contributed by atoms with Crippen molar-refractivity contribution in [3.63, 3.8) is 0 Å². The van der Waals surface area contributed by atoms with Crippen molar-refractivity contribution in [1.29, 1.82) is 0 Å². The molecule has 0 aliphatic rings. The molecule has 5 aromatic rings. The molecule has 2 aromatic carbocycles. The minimum atomic E-state index is -4.46. The third-order valence-corrected chi connectivity index (χ3v) is 6.46. The summed E-state index contributed by atoms with van der Waals surface area (Å²) in [5, 5.41) is 8.90. The Morgan fingerprint density at radius 3 is 2.69 bits per heavy atom. The fraction of sp³-hybridized carbons (Fsp3) is 0.0833. The fourth-order valence-corrected chi connectivity index (χ4v) is 4.65. The Kier molecular flexibility index (Phi) is 5.48. The number of thiophene rings is 1. The van der Waals surface area contributed by atoms with Gasteiger partial charge in [0.25, 0.3) is 5.91 Å². The number of aryl methyl sites for hydroxylation is 1. The van der Waals surface area contributed by atoms with Gasteiger partial charge >= 0.3 is 6.18 Å². The first-order valence-electron chi connectivity index (χ1n) is 10.3. The standard InChI is InChI=1S/C24H17F3N6OS/c1-12-5-6-16-15(7-8-29-22(16)32-14-4-2-3-13(9-14)24(25,26)27)18(12)33-23(34)17-10-35-20-19(17)30-11-31-21(20)28/h2-11H,1H3,(H,29,32)(H,33,34)(H2,28,30,31). The quantitative estimate of drug-likeness (QED) is 0.277. The number of nitrogen functional groups attached to an aromatic ring is 1. The Balaban J connectivity index is 1.52. The molecule has 0 spiro atoms. The Morgan fingerprint density at radius 2 is 1.89 bits per heavy atom. The first-order chi connectivity index (χ1) is 16.7. The molecule has 7 nitrogen and oxygen atoms in total. The summed E-state index contributed by atoms with van der Waals surface area (Å²) < 4.78 is 40.0. The molecule has 0 bridgehead atoms. The van der Waals surface area contributed by atoms with Gasteiger partial charge in [0, 0.05) is 28.0 Å². The van der Waals surface area contributed by atoms with Crippen molar-refractivity contribution in [1.82, 2.24) is 15.0 Å². The molecule has 35 heavy (non-hydrogen) atoms. The topological polar surface area (TPSA) is 106 Å². The lowest BCUT2D eigenvalue weighted by Gasteiger charge is -2.15. The van der Waals surface area contributed by atoms with Crippen molar-refractivity contribution in [2.75, 3.05) is 16.4 Å². The molecule has 0 unspecified atom stereocenters. The second-order valence-corrected chi connectivity index (χ2v) is 8.64. The number of halogens is 3. The highest BCUT2D eigenvalue weighted by Gasteiger charge is 2.30. The van der Waals surface area contributed by atoms with Crippen LogP contribution in [0.4, 0.5) is 36.2 Å². The molecule has 4 N–H and O–H groups in total. The molecule has 176 valence electrons. The first kappa shape index (κ1) is 22.5. The minimum Gasteiger partial charge on any atom is -0.382 e. The molecule has 0 saturated carbocycles. The number of hydrogen-bond donors (Lipinski definition) is 3. The van der Waals surface area contributed by atoms with Gasteiger partial charge in [-0.15, -0.1) is 11.3 Å². The monoisotopic (exact) mass is 494 g/mol. The number of nitrogens with one attached hydrogen (secondary N) is 2. The zero-order valence-electron chi connectivity index (χ0n) is 18.1. The minimum absolute atomic E-state index is 0.244. The van der Waals surface area contributed by atoms with Crippen LogP contribution < -0.4 is 16.4 Å². The number of nitrogens with zero attached hydrogens (tertiary/aromatic N) is 3. The molecule has 0 aliphatic heterocycles. The Morgan fingerprint density at radius 1 is 1.06 bits per heavy atom. The van der Waals surface area contributed by atoms with E-state index in [0.29, 0.717) is 43.9 Å². The lowest BCUT2D eigenvalue weighted by molar-refractivity contribution is -0.137. The van der Waals surface area contributed by atoms with Gasteiger partial charge in [0.05, 0.1) is 27.0 Å². The molecule has 0 aliphatic carbocycles. The van der Waals surface area contributed by atoms with E-state index in [0.717, 1.165) is 17.7 Å². The number of anilines is 4. The summed E-state index contributed by atoms with van der Waals surface area (Å²) in [6, 6.07) is 10.2.